The number of fused-ring (bicyclic) bond motifs is 1. The molecule has 9 heteroatoms. The van der Waals surface area contributed by atoms with Crippen molar-refractivity contribution >= 4 is 34.4 Å². The zero-order valence-corrected chi connectivity index (χ0v) is 16.8. The number of carbonyl (C=O) groups is 1. The molecule has 5 rings (SSSR count). The number of nitrogens with one attached hydrogen (secondary N) is 3. The molecule has 2 fully saturated rings. The van der Waals surface area contributed by atoms with Crippen molar-refractivity contribution < 1.29 is 14.3 Å². The van der Waals surface area contributed by atoms with Crippen LogP contribution >= 0.6 is 0 Å². The van der Waals surface area contributed by atoms with Crippen LogP contribution in [0, 0.1) is 0 Å². The highest BCUT2D eigenvalue weighted by molar-refractivity contribution is 5.95. The van der Waals surface area contributed by atoms with E-state index >= 15 is 0 Å². The molecule has 0 bridgehead atoms. The lowest BCUT2D eigenvalue weighted by atomic mass is 10.1. The number of rotatable bonds is 6. The van der Waals surface area contributed by atoms with Gasteiger partial charge in [0.25, 0.3) is 5.91 Å². The van der Waals surface area contributed by atoms with Crippen LogP contribution in [0.4, 0.5) is 17.5 Å². The van der Waals surface area contributed by atoms with Gasteiger partial charge in [-0.05, 0) is 37.1 Å². The Kier molecular flexibility index (Phi) is 4.88. The Hall–Kier alpha value is -3.33. The highest BCUT2D eigenvalue weighted by Crippen LogP contribution is 2.32. The SMILES string of the molecule is COc1cc(C(=O)N2CCOCC2)ccc1Nc1nc(NC2CC2)c2cc[nH]c2n1. The summed E-state index contributed by atoms with van der Waals surface area (Å²) in [7, 11) is 1.58. The van der Waals surface area contributed by atoms with Gasteiger partial charge in [0, 0.05) is 30.9 Å². The number of methoxy groups -OCH3 is 1. The van der Waals surface area contributed by atoms with Gasteiger partial charge in [0.05, 0.1) is 31.4 Å². The number of aromatic amines is 1. The fourth-order valence-corrected chi connectivity index (χ4v) is 3.53. The van der Waals surface area contributed by atoms with E-state index in [0.29, 0.717) is 55.3 Å². The van der Waals surface area contributed by atoms with E-state index < -0.39 is 0 Å². The Morgan fingerprint density at radius 2 is 2.07 bits per heavy atom. The van der Waals surface area contributed by atoms with Crippen molar-refractivity contribution in [3.05, 3.63) is 36.0 Å². The number of amides is 1. The number of anilines is 3. The van der Waals surface area contributed by atoms with Gasteiger partial charge in [0.2, 0.25) is 5.95 Å². The van der Waals surface area contributed by atoms with Gasteiger partial charge < -0.3 is 30.0 Å². The molecular formula is C21H24N6O3. The van der Waals surface area contributed by atoms with Crippen LogP contribution < -0.4 is 15.4 Å². The van der Waals surface area contributed by atoms with E-state index in [4.69, 9.17) is 9.47 Å². The summed E-state index contributed by atoms with van der Waals surface area (Å²) < 4.78 is 10.9. The largest absolute Gasteiger partial charge is 0.495 e. The summed E-state index contributed by atoms with van der Waals surface area (Å²) in [5, 5.41) is 7.65. The number of ether oxygens (including phenoxy) is 2. The van der Waals surface area contributed by atoms with Crippen molar-refractivity contribution in [2.24, 2.45) is 0 Å². The summed E-state index contributed by atoms with van der Waals surface area (Å²) in [6, 6.07) is 7.81. The lowest BCUT2D eigenvalue weighted by Gasteiger charge is -2.27. The molecular weight excluding hydrogens is 384 g/mol. The summed E-state index contributed by atoms with van der Waals surface area (Å²) >= 11 is 0. The molecule has 0 atom stereocenters. The molecule has 0 spiro atoms. The fraction of sp³-hybridized carbons (Fsp3) is 0.381. The molecule has 30 heavy (non-hydrogen) atoms. The van der Waals surface area contributed by atoms with Crippen molar-refractivity contribution in [1.29, 1.82) is 0 Å². The smallest absolute Gasteiger partial charge is 0.254 e. The first-order valence-electron chi connectivity index (χ1n) is 10.1. The summed E-state index contributed by atoms with van der Waals surface area (Å²) in [5.41, 5.74) is 2.03. The molecule has 1 aromatic carbocycles. The predicted molar refractivity (Wildman–Crippen MR) is 114 cm³/mol. The Morgan fingerprint density at radius 3 is 2.83 bits per heavy atom. The first-order valence-corrected chi connectivity index (χ1v) is 10.1. The molecule has 0 radical (unpaired) electrons. The Labute approximate surface area is 173 Å². The highest BCUT2D eigenvalue weighted by Gasteiger charge is 2.23. The van der Waals surface area contributed by atoms with Gasteiger partial charge in [0.15, 0.2) is 0 Å². The summed E-state index contributed by atoms with van der Waals surface area (Å²) in [6.45, 7) is 2.33. The van der Waals surface area contributed by atoms with Crippen LogP contribution in [0.25, 0.3) is 11.0 Å². The molecule has 3 N–H and O–H groups in total. The van der Waals surface area contributed by atoms with Crippen LogP contribution in [-0.2, 0) is 4.74 Å². The minimum Gasteiger partial charge on any atom is -0.495 e. The van der Waals surface area contributed by atoms with Gasteiger partial charge in [0.1, 0.15) is 17.2 Å². The number of nitrogens with zero attached hydrogens (tertiary/aromatic N) is 3. The maximum Gasteiger partial charge on any atom is 0.254 e. The standard InChI is InChI=1S/C21H24N6O3/c1-29-17-12-13(20(28)27-8-10-30-11-9-27)2-5-16(17)24-21-25-18-15(6-7-22-18)19(26-21)23-14-3-4-14/h2,5-7,12,14H,3-4,8-11H2,1H3,(H3,22,23,24,25,26). The Morgan fingerprint density at radius 1 is 1.23 bits per heavy atom. The zero-order chi connectivity index (χ0) is 20.5. The van der Waals surface area contributed by atoms with E-state index in [1.54, 1.807) is 24.1 Å². The third-order valence-electron chi connectivity index (χ3n) is 5.33. The van der Waals surface area contributed by atoms with E-state index in [9.17, 15) is 4.79 Å². The van der Waals surface area contributed by atoms with Gasteiger partial charge >= 0.3 is 0 Å². The second-order valence-corrected chi connectivity index (χ2v) is 7.50. The number of aromatic nitrogens is 3. The number of morpholine rings is 1. The Bertz CT molecular complexity index is 1070. The molecule has 2 aromatic heterocycles. The summed E-state index contributed by atoms with van der Waals surface area (Å²) in [4.78, 5) is 26.9. The monoisotopic (exact) mass is 408 g/mol. The maximum atomic E-state index is 12.8. The zero-order valence-electron chi connectivity index (χ0n) is 16.8. The number of benzene rings is 1. The van der Waals surface area contributed by atoms with E-state index in [0.717, 1.165) is 29.7 Å². The summed E-state index contributed by atoms with van der Waals surface area (Å²) in [6.07, 6.45) is 4.17. The van der Waals surface area contributed by atoms with Crippen LogP contribution in [0.2, 0.25) is 0 Å². The van der Waals surface area contributed by atoms with Gasteiger partial charge in [-0.2, -0.15) is 9.97 Å². The van der Waals surface area contributed by atoms with Crippen molar-refractivity contribution in [1.82, 2.24) is 19.9 Å². The molecule has 2 aliphatic rings. The minimum absolute atomic E-state index is 0.0249. The van der Waals surface area contributed by atoms with Crippen molar-refractivity contribution in [2.45, 2.75) is 18.9 Å². The maximum absolute atomic E-state index is 12.8. The third kappa shape index (κ3) is 3.76. The first-order chi connectivity index (χ1) is 14.7. The molecule has 156 valence electrons. The molecule has 0 unspecified atom stereocenters. The quantitative estimate of drug-likeness (QED) is 0.576. The number of hydrogen-bond acceptors (Lipinski definition) is 7. The van der Waals surface area contributed by atoms with Crippen LogP contribution in [-0.4, -0.2) is 65.2 Å². The highest BCUT2D eigenvalue weighted by atomic mass is 16.5. The molecule has 9 nitrogen and oxygen atoms in total. The predicted octanol–water partition coefficient (Wildman–Crippen LogP) is 2.76. The van der Waals surface area contributed by atoms with Gasteiger partial charge in [-0.1, -0.05) is 0 Å². The summed E-state index contributed by atoms with van der Waals surface area (Å²) in [5.74, 6) is 1.80. The van der Waals surface area contributed by atoms with Gasteiger partial charge in [-0.15, -0.1) is 0 Å². The normalized spacial score (nSPS) is 16.5. The Balaban J connectivity index is 1.41. The molecule has 1 amide bonds. The van der Waals surface area contributed by atoms with Crippen molar-refractivity contribution in [3.8, 4) is 5.75 Å². The van der Waals surface area contributed by atoms with E-state index in [1.165, 1.54) is 0 Å². The second kappa shape index (κ2) is 7.83. The molecule has 1 aliphatic carbocycles. The topological polar surface area (TPSA) is 104 Å². The third-order valence-corrected chi connectivity index (χ3v) is 5.33. The molecule has 3 aromatic rings. The van der Waals surface area contributed by atoms with Crippen molar-refractivity contribution in [3.63, 3.8) is 0 Å². The second-order valence-electron chi connectivity index (χ2n) is 7.50. The van der Waals surface area contributed by atoms with E-state index in [2.05, 4.69) is 25.6 Å². The molecule has 1 aliphatic heterocycles. The number of H-pyrrole nitrogens is 1. The van der Waals surface area contributed by atoms with Crippen LogP contribution in [0.1, 0.15) is 23.2 Å². The van der Waals surface area contributed by atoms with Gasteiger partial charge in [-0.3, -0.25) is 4.79 Å². The van der Waals surface area contributed by atoms with E-state index in [-0.39, 0.29) is 5.91 Å². The molecule has 3 heterocycles. The average Bonchev–Trinajstić information content (AvgIpc) is 3.47. The molecule has 1 saturated carbocycles. The van der Waals surface area contributed by atoms with Crippen LogP contribution in [0.3, 0.4) is 0 Å². The van der Waals surface area contributed by atoms with Crippen LogP contribution in [0.5, 0.6) is 5.75 Å². The first kappa shape index (κ1) is 18.7. The van der Waals surface area contributed by atoms with Gasteiger partial charge in [-0.25, -0.2) is 0 Å². The minimum atomic E-state index is -0.0249. The lowest BCUT2D eigenvalue weighted by Crippen LogP contribution is -2.40. The number of hydrogen-bond donors (Lipinski definition) is 3. The fourth-order valence-electron chi connectivity index (χ4n) is 3.53. The van der Waals surface area contributed by atoms with E-state index in [1.807, 2.05) is 18.3 Å². The lowest BCUT2D eigenvalue weighted by molar-refractivity contribution is 0.0302. The number of carbonyl (C=O) groups excluding carboxylic acids is 1. The van der Waals surface area contributed by atoms with Crippen molar-refractivity contribution in [2.75, 3.05) is 44.0 Å². The average molecular weight is 408 g/mol. The van der Waals surface area contributed by atoms with Crippen LogP contribution in [0.15, 0.2) is 30.5 Å². The molecule has 1 saturated heterocycles.